The second-order valence-corrected chi connectivity index (χ2v) is 6.95. The number of nitrogens with one attached hydrogen (secondary N) is 1. The summed E-state index contributed by atoms with van der Waals surface area (Å²) < 4.78 is 79.5. The molecular weight excluding hydrogens is 408 g/mol. The largest absolute Gasteiger partial charge is 0.573 e. The van der Waals surface area contributed by atoms with Gasteiger partial charge in [0.1, 0.15) is 5.75 Å². The summed E-state index contributed by atoms with van der Waals surface area (Å²) in [6, 6.07) is 6.70. The van der Waals surface area contributed by atoms with Crippen molar-refractivity contribution in [2.24, 2.45) is 0 Å². The lowest BCUT2D eigenvalue weighted by molar-refractivity contribution is -0.274. The molecule has 144 valence electrons. The number of alkyl halides is 6. The first-order valence-electron chi connectivity index (χ1n) is 7.06. The maximum Gasteiger partial charge on any atom is 0.573 e. The number of anilines is 1. The average molecular weight is 420 g/mol. The van der Waals surface area contributed by atoms with E-state index < -0.39 is 30.9 Å². The van der Waals surface area contributed by atoms with Crippen LogP contribution < -0.4 is 10.1 Å². The fraction of sp³-hybridized carbons (Fsp3) is 0.333. The fourth-order valence-electron chi connectivity index (χ4n) is 2.08. The molecule has 0 aliphatic rings. The van der Waals surface area contributed by atoms with Gasteiger partial charge in [0.15, 0.2) is 6.10 Å². The maximum absolute atomic E-state index is 12.6. The first-order chi connectivity index (χ1) is 12.0. The van der Waals surface area contributed by atoms with Gasteiger partial charge in [0, 0.05) is 29.1 Å². The number of hydrogen-bond acceptors (Lipinski definition) is 4. The van der Waals surface area contributed by atoms with Gasteiger partial charge >= 0.3 is 12.5 Å². The number of benzene rings is 1. The van der Waals surface area contributed by atoms with Crippen LogP contribution in [0.1, 0.15) is 10.4 Å². The Morgan fingerprint density at radius 1 is 1.12 bits per heavy atom. The third-order valence-electron chi connectivity index (χ3n) is 3.20. The summed E-state index contributed by atoms with van der Waals surface area (Å²) in [4.78, 5) is 0.590. The van der Waals surface area contributed by atoms with E-state index in [0.29, 0.717) is 9.21 Å². The van der Waals surface area contributed by atoms with Gasteiger partial charge in [-0.1, -0.05) is 17.7 Å². The van der Waals surface area contributed by atoms with Crippen molar-refractivity contribution in [3.63, 3.8) is 0 Å². The van der Waals surface area contributed by atoms with E-state index in [2.05, 4.69) is 10.1 Å². The van der Waals surface area contributed by atoms with E-state index in [1.54, 1.807) is 12.1 Å². The highest BCUT2D eigenvalue weighted by Gasteiger charge is 2.38. The van der Waals surface area contributed by atoms with E-state index in [4.69, 9.17) is 16.7 Å². The molecule has 0 fully saturated rings. The topological polar surface area (TPSA) is 41.5 Å². The molecule has 0 spiro atoms. The molecule has 0 saturated carbocycles. The summed E-state index contributed by atoms with van der Waals surface area (Å²) in [6.45, 7) is -0.919. The van der Waals surface area contributed by atoms with Crippen molar-refractivity contribution in [1.82, 2.24) is 0 Å². The summed E-state index contributed by atoms with van der Waals surface area (Å²) in [6.07, 6.45) is -12.5. The molecule has 2 aromatic rings. The Bertz CT molecular complexity index is 746. The second kappa shape index (κ2) is 7.93. The molecule has 1 unspecified atom stereocenters. The average Bonchev–Trinajstić information content (AvgIpc) is 2.90. The summed E-state index contributed by atoms with van der Waals surface area (Å²) >= 11 is 6.92. The summed E-state index contributed by atoms with van der Waals surface area (Å²) in [5, 5.41) is 11.4. The van der Waals surface area contributed by atoms with E-state index in [1.807, 2.05) is 0 Å². The zero-order valence-corrected chi connectivity index (χ0v) is 14.4. The van der Waals surface area contributed by atoms with Gasteiger partial charge in [-0.3, -0.25) is 0 Å². The van der Waals surface area contributed by atoms with Gasteiger partial charge in [0.25, 0.3) is 0 Å². The molecule has 2 rings (SSSR count). The van der Waals surface area contributed by atoms with E-state index in [1.165, 1.54) is 12.1 Å². The van der Waals surface area contributed by atoms with Crippen LogP contribution in [-0.4, -0.2) is 30.3 Å². The highest BCUT2D eigenvalue weighted by Crippen LogP contribution is 2.35. The monoisotopic (exact) mass is 419 g/mol. The number of ether oxygens (including phenoxy) is 1. The van der Waals surface area contributed by atoms with Crippen LogP contribution in [0.4, 0.5) is 32.0 Å². The van der Waals surface area contributed by atoms with Crippen molar-refractivity contribution >= 4 is 28.6 Å². The van der Waals surface area contributed by atoms with Crippen molar-refractivity contribution in [3.8, 4) is 5.75 Å². The molecular formula is C15H12ClF6NO2S. The molecule has 11 heteroatoms. The van der Waals surface area contributed by atoms with Crippen LogP contribution in [-0.2, 0) is 6.42 Å². The normalized spacial score (nSPS) is 13.5. The Morgan fingerprint density at radius 3 is 2.35 bits per heavy atom. The van der Waals surface area contributed by atoms with Gasteiger partial charge in [-0.25, -0.2) is 0 Å². The van der Waals surface area contributed by atoms with Crippen LogP contribution in [0.25, 0.3) is 0 Å². The lowest BCUT2D eigenvalue weighted by Crippen LogP contribution is -2.35. The number of halogens is 7. The third-order valence-corrected chi connectivity index (χ3v) is 4.43. The van der Waals surface area contributed by atoms with Crippen LogP contribution in [0.3, 0.4) is 0 Å². The van der Waals surface area contributed by atoms with Gasteiger partial charge in [-0.05, 0) is 24.3 Å². The minimum absolute atomic E-state index is 0.00211. The minimum atomic E-state index is -4.97. The number of aliphatic hydroxyl groups is 1. The molecule has 1 aromatic heterocycles. The van der Waals surface area contributed by atoms with Crippen molar-refractivity contribution in [3.05, 3.63) is 45.1 Å². The molecule has 0 aliphatic carbocycles. The van der Waals surface area contributed by atoms with E-state index >= 15 is 0 Å². The molecule has 0 saturated heterocycles. The van der Waals surface area contributed by atoms with Crippen LogP contribution in [0.5, 0.6) is 5.75 Å². The Kier molecular flexibility index (Phi) is 6.30. The van der Waals surface area contributed by atoms with Crippen LogP contribution in [0.2, 0.25) is 4.34 Å². The SMILES string of the molecule is OC(CNc1cccc(OC(F)(F)F)c1Cc1ccc(Cl)s1)C(F)(F)F. The molecule has 26 heavy (non-hydrogen) atoms. The molecule has 0 aliphatic heterocycles. The van der Waals surface area contributed by atoms with Crippen LogP contribution in [0.15, 0.2) is 30.3 Å². The molecule has 0 amide bonds. The van der Waals surface area contributed by atoms with Gasteiger partial charge in [-0.2, -0.15) is 13.2 Å². The quantitative estimate of drug-likeness (QED) is 0.630. The van der Waals surface area contributed by atoms with Crippen LogP contribution >= 0.6 is 22.9 Å². The molecule has 3 nitrogen and oxygen atoms in total. The maximum atomic E-state index is 12.6. The molecule has 1 atom stereocenters. The highest BCUT2D eigenvalue weighted by molar-refractivity contribution is 7.16. The number of thiophene rings is 1. The Balaban J connectivity index is 2.31. The highest BCUT2D eigenvalue weighted by atomic mass is 35.5. The Morgan fingerprint density at radius 2 is 1.81 bits per heavy atom. The van der Waals surface area contributed by atoms with Gasteiger partial charge < -0.3 is 15.2 Å². The van der Waals surface area contributed by atoms with E-state index in [-0.39, 0.29) is 17.7 Å². The lowest BCUT2D eigenvalue weighted by atomic mass is 10.1. The number of rotatable bonds is 6. The second-order valence-electron chi connectivity index (χ2n) is 5.15. The first kappa shape index (κ1) is 20.7. The van der Waals surface area contributed by atoms with Crippen molar-refractivity contribution in [2.45, 2.75) is 25.1 Å². The van der Waals surface area contributed by atoms with Crippen LogP contribution in [0, 0.1) is 0 Å². The molecule has 1 aromatic carbocycles. The third kappa shape index (κ3) is 5.96. The van der Waals surface area contributed by atoms with Gasteiger partial charge in [0.2, 0.25) is 0 Å². The predicted molar refractivity (Wildman–Crippen MR) is 85.8 cm³/mol. The predicted octanol–water partition coefficient (Wildman–Crippen LogP) is 5.23. The Labute approximate surface area is 153 Å². The molecule has 2 N–H and O–H groups in total. The van der Waals surface area contributed by atoms with Crippen molar-refractivity contribution in [2.75, 3.05) is 11.9 Å². The summed E-state index contributed by atoms with van der Waals surface area (Å²) in [5.74, 6) is -0.548. The minimum Gasteiger partial charge on any atom is -0.405 e. The summed E-state index contributed by atoms with van der Waals surface area (Å²) in [7, 11) is 0. The van der Waals surface area contributed by atoms with E-state index in [0.717, 1.165) is 17.4 Å². The zero-order chi connectivity index (χ0) is 19.5. The zero-order valence-electron chi connectivity index (χ0n) is 12.8. The number of aliphatic hydroxyl groups excluding tert-OH is 1. The molecule has 0 bridgehead atoms. The van der Waals surface area contributed by atoms with Crippen molar-refractivity contribution < 1.29 is 36.2 Å². The van der Waals surface area contributed by atoms with Gasteiger partial charge in [0.05, 0.1) is 4.34 Å². The van der Waals surface area contributed by atoms with Crippen molar-refractivity contribution in [1.29, 1.82) is 0 Å². The van der Waals surface area contributed by atoms with E-state index in [9.17, 15) is 26.3 Å². The molecule has 0 radical (unpaired) electrons. The smallest absolute Gasteiger partial charge is 0.405 e. The first-order valence-corrected chi connectivity index (χ1v) is 8.25. The molecule has 1 heterocycles. The Hall–Kier alpha value is -1.65. The number of hydrogen-bond donors (Lipinski definition) is 2. The van der Waals surface area contributed by atoms with Gasteiger partial charge in [-0.15, -0.1) is 24.5 Å². The standard InChI is InChI=1S/C15H12ClF6NO2S/c16-13-5-4-8(26-13)6-9-10(23-7-12(24)14(17,18)19)2-1-3-11(9)25-15(20,21)22/h1-5,12,23-24H,6-7H2. The summed E-state index contributed by atoms with van der Waals surface area (Å²) in [5.41, 5.74) is -0.0164. The fourth-order valence-corrected chi connectivity index (χ4v) is 3.18. The lowest BCUT2D eigenvalue weighted by Gasteiger charge is -2.20.